The minimum absolute atomic E-state index is 0.0481. The van der Waals surface area contributed by atoms with Crippen molar-refractivity contribution >= 4 is 28.8 Å². The van der Waals surface area contributed by atoms with Gasteiger partial charge in [0.15, 0.2) is 0 Å². The predicted octanol–water partition coefficient (Wildman–Crippen LogP) is 2.01. The van der Waals surface area contributed by atoms with E-state index in [2.05, 4.69) is 5.32 Å². The van der Waals surface area contributed by atoms with Crippen molar-refractivity contribution in [3.05, 3.63) is 30.1 Å². The summed E-state index contributed by atoms with van der Waals surface area (Å²) in [6.45, 7) is 5.45. The number of rotatable bonds is 7. The first kappa shape index (κ1) is 16.5. The number of carbonyl (C=O) groups excluding carboxylic acids is 1. The topological polar surface area (TPSA) is 58.4 Å². The number of thiocarbonyl (C=S) groups is 1. The smallest absolute Gasteiger partial charge is 0.238 e. The van der Waals surface area contributed by atoms with Gasteiger partial charge in [0.1, 0.15) is 5.82 Å². The highest BCUT2D eigenvalue weighted by Crippen LogP contribution is 2.09. The summed E-state index contributed by atoms with van der Waals surface area (Å²) in [5, 5.41) is 2.67. The third kappa shape index (κ3) is 5.63. The van der Waals surface area contributed by atoms with Crippen LogP contribution in [0.4, 0.5) is 10.1 Å². The highest BCUT2D eigenvalue weighted by atomic mass is 32.1. The summed E-state index contributed by atoms with van der Waals surface area (Å²) in [7, 11) is 0. The van der Waals surface area contributed by atoms with Crippen LogP contribution >= 0.6 is 12.2 Å². The van der Waals surface area contributed by atoms with Crippen LogP contribution in [-0.4, -0.2) is 35.4 Å². The number of nitrogens with two attached hydrogens (primary N) is 1. The molecule has 0 heterocycles. The van der Waals surface area contributed by atoms with E-state index in [1.54, 1.807) is 12.1 Å². The van der Waals surface area contributed by atoms with Crippen LogP contribution in [0.25, 0.3) is 0 Å². The van der Waals surface area contributed by atoms with E-state index in [9.17, 15) is 9.18 Å². The molecule has 1 rings (SSSR count). The van der Waals surface area contributed by atoms with E-state index < -0.39 is 0 Å². The first-order chi connectivity index (χ1) is 9.42. The second kappa shape index (κ2) is 7.91. The molecule has 0 aliphatic rings. The molecular formula is C14H20FN3OS. The molecule has 1 aromatic carbocycles. The van der Waals surface area contributed by atoms with Crippen molar-refractivity contribution in [1.29, 1.82) is 0 Å². The second-order valence-electron chi connectivity index (χ2n) is 4.69. The van der Waals surface area contributed by atoms with Gasteiger partial charge in [-0.3, -0.25) is 9.69 Å². The number of carbonyl (C=O) groups is 1. The molecule has 0 fully saturated rings. The van der Waals surface area contributed by atoms with Gasteiger partial charge in [-0.1, -0.05) is 32.1 Å². The zero-order chi connectivity index (χ0) is 15.1. The molecule has 0 spiro atoms. The van der Waals surface area contributed by atoms with Gasteiger partial charge in [-0.05, 0) is 24.7 Å². The van der Waals surface area contributed by atoms with Gasteiger partial charge in [-0.2, -0.15) is 0 Å². The quantitative estimate of drug-likeness (QED) is 0.756. The van der Waals surface area contributed by atoms with E-state index in [1.807, 2.05) is 18.7 Å². The average Bonchev–Trinajstić information content (AvgIpc) is 2.37. The van der Waals surface area contributed by atoms with Gasteiger partial charge < -0.3 is 11.1 Å². The number of anilines is 1. The van der Waals surface area contributed by atoms with Crippen LogP contribution in [0.1, 0.15) is 13.8 Å². The SMILES string of the molecule is CCN(CC(=O)Nc1cccc(F)c1)CC(C)C(N)=S. The molecule has 1 aromatic rings. The minimum Gasteiger partial charge on any atom is -0.393 e. The summed E-state index contributed by atoms with van der Waals surface area (Å²) in [5.74, 6) is -0.517. The minimum atomic E-state index is -0.378. The lowest BCUT2D eigenvalue weighted by Gasteiger charge is -2.23. The number of benzene rings is 1. The lowest BCUT2D eigenvalue weighted by molar-refractivity contribution is -0.117. The molecule has 0 bridgehead atoms. The first-order valence-corrected chi connectivity index (χ1v) is 6.90. The normalized spacial score (nSPS) is 12.2. The molecule has 4 nitrogen and oxygen atoms in total. The molecular weight excluding hydrogens is 277 g/mol. The number of hydrogen-bond donors (Lipinski definition) is 2. The number of hydrogen-bond acceptors (Lipinski definition) is 3. The number of nitrogens with one attached hydrogen (secondary N) is 1. The number of nitrogens with zero attached hydrogens (tertiary/aromatic N) is 1. The maximum Gasteiger partial charge on any atom is 0.238 e. The molecule has 0 saturated carbocycles. The van der Waals surface area contributed by atoms with Crippen LogP contribution in [0.5, 0.6) is 0 Å². The van der Waals surface area contributed by atoms with Gasteiger partial charge in [0.25, 0.3) is 0 Å². The molecule has 1 unspecified atom stereocenters. The summed E-state index contributed by atoms with van der Waals surface area (Å²) >= 11 is 4.93. The van der Waals surface area contributed by atoms with Crippen molar-refractivity contribution in [3.8, 4) is 0 Å². The second-order valence-corrected chi connectivity index (χ2v) is 5.16. The lowest BCUT2D eigenvalue weighted by atomic mass is 10.1. The standard InChI is InChI=1S/C14H20FN3OS/c1-3-18(8-10(2)14(16)20)9-13(19)17-12-6-4-5-11(15)7-12/h4-7,10H,3,8-9H2,1-2H3,(H2,16,20)(H,17,19). The monoisotopic (exact) mass is 297 g/mol. The van der Waals surface area contributed by atoms with Gasteiger partial charge in [0.05, 0.1) is 11.5 Å². The maximum absolute atomic E-state index is 13.0. The average molecular weight is 297 g/mol. The van der Waals surface area contributed by atoms with E-state index in [0.717, 1.165) is 0 Å². The van der Waals surface area contributed by atoms with Crippen molar-refractivity contribution in [3.63, 3.8) is 0 Å². The van der Waals surface area contributed by atoms with Crippen molar-refractivity contribution in [2.24, 2.45) is 11.7 Å². The largest absolute Gasteiger partial charge is 0.393 e. The molecule has 20 heavy (non-hydrogen) atoms. The van der Waals surface area contributed by atoms with E-state index in [0.29, 0.717) is 23.8 Å². The van der Waals surface area contributed by atoms with Gasteiger partial charge in [0.2, 0.25) is 5.91 Å². The summed E-state index contributed by atoms with van der Waals surface area (Å²) in [6, 6.07) is 5.82. The van der Waals surface area contributed by atoms with Crippen molar-refractivity contribution in [2.45, 2.75) is 13.8 Å². The zero-order valence-electron chi connectivity index (χ0n) is 11.7. The Morgan fingerprint density at radius 3 is 2.80 bits per heavy atom. The van der Waals surface area contributed by atoms with Crippen LogP contribution in [0.2, 0.25) is 0 Å². The van der Waals surface area contributed by atoms with Gasteiger partial charge in [-0.25, -0.2) is 4.39 Å². The molecule has 0 saturated heterocycles. The van der Waals surface area contributed by atoms with Crippen LogP contribution in [0, 0.1) is 11.7 Å². The zero-order valence-corrected chi connectivity index (χ0v) is 12.5. The number of amides is 1. The van der Waals surface area contributed by atoms with Crippen LogP contribution in [-0.2, 0) is 4.79 Å². The number of halogens is 1. The fourth-order valence-electron chi connectivity index (χ4n) is 1.75. The van der Waals surface area contributed by atoms with E-state index in [4.69, 9.17) is 18.0 Å². The predicted molar refractivity (Wildman–Crippen MR) is 83.1 cm³/mol. The van der Waals surface area contributed by atoms with Gasteiger partial charge in [-0.15, -0.1) is 0 Å². The molecule has 1 amide bonds. The lowest BCUT2D eigenvalue weighted by Crippen LogP contribution is -2.38. The molecule has 1 atom stereocenters. The molecule has 0 aromatic heterocycles. The maximum atomic E-state index is 13.0. The van der Waals surface area contributed by atoms with Crippen LogP contribution in [0.3, 0.4) is 0 Å². The summed E-state index contributed by atoms with van der Waals surface area (Å²) < 4.78 is 13.0. The molecule has 0 aliphatic heterocycles. The van der Waals surface area contributed by atoms with E-state index in [-0.39, 0.29) is 24.2 Å². The Balaban J connectivity index is 2.53. The fraction of sp³-hybridized carbons (Fsp3) is 0.429. The Hall–Kier alpha value is -1.53. The van der Waals surface area contributed by atoms with Crippen molar-refractivity contribution < 1.29 is 9.18 Å². The first-order valence-electron chi connectivity index (χ1n) is 6.49. The summed E-state index contributed by atoms with van der Waals surface area (Å²) in [5.41, 5.74) is 6.02. The number of likely N-dealkylation sites (N-methyl/N-ethyl adjacent to an activating group) is 1. The summed E-state index contributed by atoms with van der Waals surface area (Å²) in [4.78, 5) is 14.3. The van der Waals surface area contributed by atoms with Crippen LogP contribution < -0.4 is 11.1 Å². The highest BCUT2D eigenvalue weighted by molar-refractivity contribution is 7.80. The molecule has 0 radical (unpaired) electrons. The molecule has 6 heteroatoms. The Labute approximate surface area is 124 Å². The van der Waals surface area contributed by atoms with Gasteiger partial charge >= 0.3 is 0 Å². The Morgan fingerprint density at radius 2 is 2.25 bits per heavy atom. The van der Waals surface area contributed by atoms with E-state index >= 15 is 0 Å². The molecule has 110 valence electrons. The fourth-order valence-corrected chi connectivity index (χ4v) is 1.83. The molecule has 0 aliphatic carbocycles. The Kier molecular flexibility index (Phi) is 6.54. The summed E-state index contributed by atoms with van der Waals surface area (Å²) in [6.07, 6.45) is 0. The van der Waals surface area contributed by atoms with Crippen molar-refractivity contribution in [2.75, 3.05) is 25.0 Å². The van der Waals surface area contributed by atoms with Crippen LogP contribution in [0.15, 0.2) is 24.3 Å². The highest BCUT2D eigenvalue weighted by Gasteiger charge is 2.14. The Morgan fingerprint density at radius 1 is 1.55 bits per heavy atom. The van der Waals surface area contributed by atoms with Gasteiger partial charge in [0, 0.05) is 18.2 Å². The van der Waals surface area contributed by atoms with Crippen molar-refractivity contribution in [1.82, 2.24) is 4.90 Å². The third-order valence-corrected chi connectivity index (χ3v) is 3.34. The molecule has 3 N–H and O–H groups in total. The van der Waals surface area contributed by atoms with E-state index in [1.165, 1.54) is 12.1 Å². The third-order valence-electron chi connectivity index (χ3n) is 2.94. The Bertz CT molecular complexity index is 481.